The van der Waals surface area contributed by atoms with Gasteiger partial charge in [-0.15, -0.1) is 0 Å². The van der Waals surface area contributed by atoms with Crippen molar-refractivity contribution in [1.29, 1.82) is 0 Å². The molecule has 0 aliphatic carbocycles. The maximum atomic E-state index is 11.9. The molecule has 8 nitrogen and oxygen atoms in total. The van der Waals surface area contributed by atoms with E-state index in [0.29, 0.717) is 10.8 Å². The minimum Gasteiger partial charge on any atom is -0.375 e. The van der Waals surface area contributed by atoms with Crippen LogP contribution >= 0.6 is 12.2 Å². The molecule has 1 saturated heterocycles. The fourth-order valence-electron chi connectivity index (χ4n) is 4.34. The number of hydrogen-bond donors (Lipinski definition) is 2. The molecule has 35 heavy (non-hydrogen) atoms. The number of carbonyl (C=O) groups is 1. The number of anilines is 2. The summed E-state index contributed by atoms with van der Waals surface area (Å²) in [5.74, 6) is -0.207. The number of nitrogens with zero attached hydrogens (tertiary/aromatic N) is 4. The highest BCUT2D eigenvalue weighted by atomic mass is 32.1. The Hall–Kier alpha value is -4.08. The molecule has 1 aliphatic rings. The topological polar surface area (TPSA) is 84.3 Å². The smallest absolute Gasteiger partial charge is 0.250 e. The molecule has 0 spiro atoms. The van der Waals surface area contributed by atoms with Gasteiger partial charge in [0.2, 0.25) is 5.91 Å². The number of pyridine rings is 2. The zero-order chi connectivity index (χ0) is 24.2. The van der Waals surface area contributed by atoms with Crippen LogP contribution < -0.4 is 15.5 Å². The van der Waals surface area contributed by atoms with E-state index in [9.17, 15) is 4.79 Å². The third kappa shape index (κ3) is 4.64. The van der Waals surface area contributed by atoms with Crippen LogP contribution in [0.25, 0.3) is 5.69 Å². The van der Waals surface area contributed by atoms with Gasteiger partial charge in [0.25, 0.3) is 0 Å². The molecule has 1 aliphatic heterocycles. The van der Waals surface area contributed by atoms with Gasteiger partial charge in [0.15, 0.2) is 5.11 Å². The van der Waals surface area contributed by atoms with E-state index in [2.05, 4.69) is 36.1 Å². The summed E-state index contributed by atoms with van der Waals surface area (Å²) >= 11 is 5.83. The summed E-state index contributed by atoms with van der Waals surface area (Å²) in [5, 5.41) is 6.91. The molecule has 1 amide bonds. The normalized spacial score (nSPS) is 17.3. The molecule has 1 aromatic carbocycles. The highest BCUT2D eigenvalue weighted by molar-refractivity contribution is 7.80. The average Bonchev–Trinajstić information content (AvgIpc) is 3.50. The lowest BCUT2D eigenvalue weighted by Gasteiger charge is -2.29. The summed E-state index contributed by atoms with van der Waals surface area (Å²) in [6.07, 6.45) is 7.38. The fraction of sp³-hybridized carbons (Fsp3) is 0.154. The first-order valence-corrected chi connectivity index (χ1v) is 11.5. The van der Waals surface area contributed by atoms with Crippen molar-refractivity contribution in [2.45, 2.75) is 12.1 Å². The standard InChI is InChI=1S/C26H24N6O2S/c1-34-17-23(33)29-18-7-9-20(10-8-18)32-25(24(30-26(32)35)21-5-2-3-13-28-21)22-6-4-16-31(22)19-11-14-27-15-12-19/h2-16,24-25H,17H2,1H3,(H,29,33)(H,30,35). The summed E-state index contributed by atoms with van der Waals surface area (Å²) in [6.45, 7) is 0.00169. The van der Waals surface area contributed by atoms with E-state index < -0.39 is 0 Å². The van der Waals surface area contributed by atoms with Crippen molar-refractivity contribution in [2.75, 3.05) is 23.9 Å². The van der Waals surface area contributed by atoms with E-state index in [1.54, 1.807) is 18.6 Å². The van der Waals surface area contributed by atoms with E-state index in [1.165, 1.54) is 7.11 Å². The number of carbonyl (C=O) groups excluding carboxylic acids is 1. The number of thiocarbonyl (C=S) groups is 1. The van der Waals surface area contributed by atoms with Crippen molar-refractivity contribution in [3.63, 3.8) is 0 Å². The number of rotatable bonds is 7. The Balaban J connectivity index is 1.55. The quantitative estimate of drug-likeness (QED) is 0.383. The number of nitrogens with one attached hydrogen (secondary N) is 2. The van der Waals surface area contributed by atoms with Crippen molar-refractivity contribution in [2.24, 2.45) is 0 Å². The highest BCUT2D eigenvalue weighted by Crippen LogP contribution is 2.42. The maximum absolute atomic E-state index is 11.9. The zero-order valence-corrected chi connectivity index (χ0v) is 19.9. The molecule has 2 atom stereocenters. The van der Waals surface area contributed by atoms with Gasteiger partial charge < -0.3 is 24.8 Å². The first-order chi connectivity index (χ1) is 17.2. The summed E-state index contributed by atoms with van der Waals surface area (Å²) in [5.41, 5.74) is 4.55. The van der Waals surface area contributed by atoms with Gasteiger partial charge in [-0.1, -0.05) is 6.07 Å². The average molecular weight is 485 g/mol. The third-order valence-electron chi connectivity index (χ3n) is 5.83. The van der Waals surface area contributed by atoms with Crippen molar-refractivity contribution in [3.8, 4) is 5.69 Å². The number of ether oxygens (including phenoxy) is 1. The minimum atomic E-state index is -0.207. The predicted molar refractivity (Wildman–Crippen MR) is 138 cm³/mol. The van der Waals surface area contributed by atoms with Gasteiger partial charge in [-0.05, 0) is 72.9 Å². The van der Waals surface area contributed by atoms with Crippen LogP contribution in [0.3, 0.4) is 0 Å². The number of aromatic nitrogens is 3. The Bertz CT molecular complexity index is 1310. The summed E-state index contributed by atoms with van der Waals surface area (Å²) in [4.78, 5) is 22.8. The Morgan fingerprint density at radius 2 is 1.83 bits per heavy atom. The second-order valence-corrected chi connectivity index (χ2v) is 8.42. The van der Waals surface area contributed by atoms with Gasteiger partial charge in [-0.2, -0.15) is 0 Å². The van der Waals surface area contributed by atoms with Crippen LogP contribution in [0.2, 0.25) is 0 Å². The molecule has 3 aromatic heterocycles. The molecule has 1 fully saturated rings. The zero-order valence-electron chi connectivity index (χ0n) is 19.0. The molecule has 176 valence electrons. The van der Waals surface area contributed by atoms with Crippen LogP contribution in [-0.4, -0.2) is 39.3 Å². The van der Waals surface area contributed by atoms with E-state index in [1.807, 2.05) is 66.9 Å². The number of hydrogen-bond acceptors (Lipinski definition) is 5. The molecule has 2 N–H and O–H groups in total. The third-order valence-corrected chi connectivity index (χ3v) is 6.14. The van der Waals surface area contributed by atoms with Gasteiger partial charge in [0.1, 0.15) is 12.6 Å². The minimum absolute atomic E-state index is 0.00169. The Morgan fingerprint density at radius 3 is 2.54 bits per heavy atom. The predicted octanol–water partition coefficient (Wildman–Crippen LogP) is 4.03. The van der Waals surface area contributed by atoms with E-state index in [0.717, 1.165) is 22.8 Å². The molecule has 2 unspecified atom stereocenters. The molecular formula is C26H24N6O2S. The summed E-state index contributed by atoms with van der Waals surface area (Å²) < 4.78 is 7.04. The monoisotopic (exact) mass is 484 g/mol. The van der Waals surface area contributed by atoms with Crippen LogP contribution in [0, 0.1) is 0 Å². The Morgan fingerprint density at radius 1 is 1.03 bits per heavy atom. The molecule has 0 bridgehead atoms. The maximum Gasteiger partial charge on any atom is 0.250 e. The van der Waals surface area contributed by atoms with Gasteiger partial charge in [0, 0.05) is 54.7 Å². The van der Waals surface area contributed by atoms with E-state index in [4.69, 9.17) is 17.0 Å². The number of benzene rings is 1. The highest BCUT2D eigenvalue weighted by Gasteiger charge is 2.42. The molecule has 5 rings (SSSR count). The van der Waals surface area contributed by atoms with Crippen molar-refractivity contribution in [1.82, 2.24) is 19.9 Å². The van der Waals surface area contributed by atoms with E-state index >= 15 is 0 Å². The van der Waals surface area contributed by atoms with Crippen LogP contribution in [0.5, 0.6) is 0 Å². The summed E-state index contributed by atoms with van der Waals surface area (Å²) in [7, 11) is 1.49. The molecule has 4 aromatic rings. The van der Waals surface area contributed by atoms with Crippen LogP contribution in [0.15, 0.2) is 91.5 Å². The lowest BCUT2D eigenvalue weighted by Crippen LogP contribution is -2.30. The van der Waals surface area contributed by atoms with E-state index in [-0.39, 0.29) is 24.6 Å². The second kappa shape index (κ2) is 10.0. The summed E-state index contributed by atoms with van der Waals surface area (Å²) in [6, 6.07) is 21.2. The first-order valence-electron chi connectivity index (χ1n) is 11.1. The number of methoxy groups -OCH3 is 1. The molecule has 0 radical (unpaired) electrons. The second-order valence-electron chi connectivity index (χ2n) is 8.03. The molecule has 4 heterocycles. The number of amides is 1. The Kier molecular flexibility index (Phi) is 6.51. The fourth-order valence-corrected chi connectivity index (χ4v) is 4.69. The van der Waals surface area contributed by atoms with Crippen LogP contribution in [0.1, 0.15) is 23.5 Å². The SMILES string of the molecule is COCC(=O)Nc1ccc(N2C(=S)NC(c3ccccn3)C2c2cccn2-c2ccncc2)cc1. The first kappa shape index (κ1) is 22.7. The van der Waals surface area contributed by atoms with Crippen LogP contribution in [0.4, 0.5) is 11.4 Å². The van der Waals surface area contributed by atoms with Crippen molar-refractivity contribution in [3.05, 3.63) is 103 Å². The molecule has 0 saturated carbocycles. The van der Waals surface area contributed by atoms with Crippen molar-refractivity contribution >= 4 is 34.6 Å². The van der Waals surface area contributed by atoms with Crippen LogP contribution in [-0.2, 0) is 9.53 Å². The van der Waals surface area contributed by atoms with Gasteiger partial charge in [0.05, 0.1) is 11.7 Å². The largest absolute Gasteiger partial charge is 0.375 e. The Labute approximate surface area is 208 Å². The lowest BCUT2D eigenvalue weighted by molar-refractivity contribution is -0.119. The molecular weight excluding hydrogens is 460 g/mol. The van der Waals surface area contributed by atoms with Gasteiger partial charge in [-0.3, -0.25) is 14.8 Å². The van der Waals surface area contributed by atoms with Gasteiger partial charge in [-0.25, -0.2) is 0 Å². The van der Waals surface area contributed by atoms with Crippen molar-refractivity contribution < 1.29 is 9.53 Å². The lowest BCUT2D eigenvalue weighted by atomic mass is 10.0. The van der Waals surface area contributed by atoms with Gasteiger partial charge >= 0.3 is 0 Å². The molecule has 9 heteroatoms.